The summed E-state index contributed by atoms with van der Waals surface area (Å²) in [4.78, 5) is 41.1. The average Bonchev–Trinajstić information content (AvgIpc) is 2.80. The Kier molecular flexibility index (Phi) is 4.66. The molecule has 0 spiro atoms. The van der Waals surface area contributed by atoms with Gasteiger partial charge in [-0.05, 0) is 24.6 Å². The number of hydroxylamine groups is 2. The van der Waals surface area contributed by atoms with Crippen LogP contribution in [0.2, 0.25) is 0 Å². The molecule has 3 rings (SSSR count). The van der Waals surface area contributed by atoms with Crippen molar-refractivity contribution in [3.63, 3.8) is 0 Å². The topological polar surface area (TPSA) is 63.7 Å². The summed E-state index contributed by atoms with van der Waals surface area (Å²) in [5, 5.41) is 0.542. The van der Waals surface area contributed by atoms with Crippen molar-refractivity contribution in [1.29, 1.82) is 0 Å². The summed E-state index contributed by atoms with van der Waals surface area (Å²) in [5.41, 5.74) is 2.76. The summed E-state index contributed by atoms with van der Waals surface area (Å²) in [5.74, 6) is -1.12. The van der Waals surface area contributed by atoms with Crippen molar-refractivity contribution >= 4 is 29.5 Å². The molecule has 0 aromatic heterocycles. The summed E-state index contributed by atoms with van der Waals surface area (Å²) in [6.45, 7) is 2.00. The van der Waals surface area contributed by atoms with Gasteiger partial charge in [-0.25, -0.2) is 4.79 Å². The maximum atomic E-state index is 12.1. The number of carbonyl (C=O) groups excluding carboxylic acids is 3. The van der Waals surface area contributed by atoms with Crippen LogP contribution in [0.3, 0.4) is 0 Å². The van der Waals surface area contributed by atoms with E-state index in [0.717, 1.165) is 11.1 Å². The molecule has 2 aromatic carbocycles. The van der Waals surface area contributed by atoms with Gasteiger partial charge in [0.25, 0.3) is 11.8 Å². The average molecular weight is 341 g/mol. The predicted octanol–water partition coefficient (Wildman–Crippen LogP) is 2.98. The monoisotopic (exact) mass is 341 g/mol. The van der Waals surface area contributed by atoms with E-state index in [1.54, 1.807) is 12.1 Å². The van der Waals surface area contributed by atoms with Gasteiger partial charge in [0.1, 0.15) is 0 Å². The molecule has 0 N–H and O–H groups in total. The molecule has 122 valence electrons. The van der Waals surface area contributed by atoms with Crippen molar-refractivity contribution < 1.29 is 19.2 Å². The first-order chi connectivity index (χ1) is 11.6. The molecule has 6 heteroatoms. The molecule has 0 saturated carbocycles. The van der Waals surface area contributed by atoms with E-state index in [-0.39, 0.29) is 16.9 Å². The number of aryl methyl sites for hydroxylation is 1. The Morgan fingerprint density at radius 2 is 1.71 bits per heavy atom. The summed E-state index contributed by atoms with van der Waals surface area (Å²) < 4.78 is 0. The first-order valence-corrected chi connectivity index (χ1v) is 8.53. The van der Waals surface area contributed by atoms with Crippen LogP contribution in [0.4, 0.5) is 0 Å². The standard InChI is InChI=1S/C18H15NO4S/c1-12-5-4-6-13(9-12)10-24-11-16(20)23-19-17(21)14-7-2-3-8-15(14)18(19)22/h2-9H,10-11H2,1H3. The normalized spacial score (nSPS) is 13.1. The Labute approximate surface area is 143 Å². The van der Waals surface area contributed by atoms with Gasteiger partial charge in [-0.1, -0.05) is 47.0 Å². The number of imide groups is 1. The number of hydrogen-bond donors (Lipinski definition) is 0. The lowest BCUT2D eigenvalue weighted by Gasteiger charge is -2.12. The third kappa shape index (κ3) is 3.33. The molecule has 0 radical (unpaired) electrons. The molecule has 0 fully saturated rings. The zero-order valence-corrected chi connectivity index (χ0v) is 13.8. The molecule has 1 heterocycles. The van der Waals surface area contributed by atoms with E-state index in [4.69, 9.17) is 4.84 Å². The van der Waals surface area contributed by atoms with E-state index in [0.29, 0.717) is 10.8 Å². The molecule has 0 unspecified atom stereocenters. The number of thioether (sulfide) groups is 1. The van der Waals surface area contributed by atoms with E-state index >= 15 is 0 Å². The highest BCUT2D eigenvalue weighted by molar-refractivity contribution is 7.99. The van der Waals surface area contributed by atoms with Crippen molar-refractivity contribution in [2.75, 3.05) is 5.75 Å². The van der Waals surface area contributed by atoms with E-state index in [1.807, 2.05) is 31.2 Å². The number of hydrogen-bond acceptors (Lipinski definition) is 5. The van der Waals surface area contributed by atoms with Crippen LogP contribution in [-0.4, -0.2) is 28.6 Å². The number of nitrogens with zero attached hydrogens (tertiary/aromatic N) is 1. The molecule has 0 atom stereocenters. The molecule has 0 bridgehead atoms. The minimum atomic E-state index is -0.623. The maximum absolute atomic E-state index is 12.1. The van der Waals surface area contributed by atoms with E-state index in [1.165, 1.54) is 23.9 Å². The van der Waals surface area contributed by atoms with E-state index < -0.39 is 17.8 Å². The van der Waals surface area contributed by atoms with E-state index in [9.17, 15) is 14.4 Å². The van der Waals surface area contributed by atoms with Crippen LogP contribution in [0.5, 0.6) is 0 Å². The van der Waals surface area contributed by atoms with Crippen molar-refractivity contribution in [3.05, 3.63) is 70.8 Å². The van der Waals surface area contributed by atoms with Crippen LogP contribution in [0.1, 0.15) is 31.8 Å². The van der Waals surface area contributed by atoms with Gasteiger partial charge in [0, 0.05) is 5.75 Å². The first kappa shape index (κ1) is 16.3. The highest BCUT2D eigenvalue weighted by Crippen LogP contribution is 2.23. The van der Waals surface area contributed by atoms with Gasteiger partial charge < -0.3 is 4.84 Å². The molecule has 2 amide bonds. The summed E-state index contributed by atoms with van der Waals surface area (Å²) in [6, 6.07) is 14.4. The third-order valence-corrected chi connectivity index (χ3v) is 4.50. The Bertz CT molecular complexity index is 783. The first-order valence-electron chi connectivity index (χ1n) is 7.38. The molecule has 0 saturated heterocycles. The van der Waals surface area contributed by atoms with Gasteiger partial charge in [0.15, 0.2) is 0 Å². The van der Waals surface area contributed by atoms with Gasteiger partial charge in [-0.3, -0.25) is 9.59 Å². The fourth-order valence-corrected chi connectivity index (χ4v) is 3.17. The minimum Gasteiger partial charge on any atom is -0.329 e. The molecular weight excluding hydrogens is 326 g/mol. The number of fused-ring (bicyclic) bond motifs is 1. The van der Waals surface area contributed by atoms with Crippen LogP contribution in [0.25, 0.3) is 0 Å². The van der Waals surface area contributed by atoms with Crippen molar-refractivity contribution in [1.82, 2.24) is 5.06 Å². The fraction of sp³-hybridized carbons (Fsp3) is 0.167. The lowest BCUT2D eigenvalue weighted by Crippen LogP contribution is -2.33. The lowest BCUT2D eigenvalue weighted by molar-refractivity contribution is -0.165. The van der Waals surface area contributed by atoms with Crippen LogP contribution in [0, 0.1) is 6.92 Å². The Balaban J connectivity index is 1.54. The van der Waals surface area contributed by atoms with Gasteiger partial charge >= 0.3 is 5.97 Å². The highest BCUT2D eigenvalue weighted by Gasteiger charge is 2.38. The molecular formula is C18H15NO4S. The second-order valence-electron chi connectivity index (χ2n) is 5.40. The summed E-state index contributed by atoms with van der Waals surface area (Å²) >= 11 is 1.37. The number of rotatable bonds is 5. The summed E-state index contributed by atoms with van der Waals surface area (Å²) in [7, 11) is 0. The molecule has 24 heavy (non-hydrogen) atoms. The van der Waals surface area contributed by atoms with Crippen LogP contribution >= 0.6 is 11.8 Å². The number of benzene rings is 2. The smallest absolute Gasteiger partial charge is 0.329 e. The van der Waals surface area contributed by atoms with Gasteiger partial charge in [-0.15, -0.1) is 11.8 Å². The second-order valence-corrected chi connectivity index (χ2v) is 6.38. The number of carbonyl (C=O) groups is 3. The Morgan fingerprint density at radius 3 is 2.33 bits per heavy atom. The third-order valence-electron chi connectivity index (χ3n) is 3.52. The molecule has 1 aliphatic heterocycles. The largest absolute Gasteiger partial charge is 0.343 e. The second kappa shape index (κ2) is 6.88. The molecule has 2 aromatic rings. The predicted molar refractivity (Wildman–Crippen MR) is 90.4 cm³/mol. The van der Waals surface area contributed by atoms with E-state index in [2.05, 4.69) is 0 Å². The minimum absolute atomic E-state index is 0.0569. The lowest BCUT2D eigenvalue weighted by atomic mass is 10.1. The number of amides is 2. The zero-order valence-electron chi connectivity index (χ0n) is 13.0. The molecule has 5 nitrogen and oxygen atoms in total. The van der Waals surface area contributed by atoms with Crippen molar-refractivity contribution in [3.8, 4) is 0 Å². The SMILES string of the molecule is Cc1cccc(CSCC(=O)ON2C(=O)c3ccccc3C2=O)c1. The molecule has 0 aliphatic carbocycles. The van der Waals surface area contributed by atoms with Crippen LogP contribution < -0.4 is 0 Å². The van der Waals surface area contributed by atoms with Crippen LogP contribution in [-0.2, 0) is 15.4 Å². The Morgan fingerprint density at radius 1 is 1.04 bits per heavy atom. The maximum Gasteiger partial charge on any atom is 0.343 e. The van der Waals surface area contributed by atoms with Crippen molar-refractivity contribution in [2.45, 2.75) is 12.7 Å². The highest BCUT2D eigenvalue weighted by atomic mass is 32.2. The van der Waals surface area contributed by atoms with Crippen molar-refractivity contribution in [2.24, 2.45) is 0 Å². The molecule has 1 aliphatic rings. The summed E-state index contributed by atoms with van der Waals surface area (Å²) in [6.07, 6.45) is 0. The Hall–Kier alpha value is -2.60. The fourth-order valence-electron chi connectivity index (χ4n) is 2.43. The van der Waals surface area contributed by atoms with Gasteiger partial charge in [0.2, 0.25) is 0 Å². The van der Waals surface area contributed by atoms with Gasteiger partial charge in [-0.2, -0.15) is 0 Å². The zero-order chi connectivity index (χ0) is 17.1. The van der Waals surface area contributed by atoms with Gasteiger partial charge in [0.05, 0.1) is 16.9 Å². The quantitative estimate of drug-likeness (QED) is 0.782. The van der Waals surface area contributed by atoms with Crippen LogP contribution in [0.15, 0.2) is 48.5 Å².